The summed E-state index contributed by atoms with van der Waals surface area (Å²) in [5.41, 5.74) is 7.03. The van der Waals surface area contributed by atoms with E-state index in [9.17, 15) is 0 Å². The van der Waals surface area contributed by atoms with Gasteiger partial charge in [-0.15, -0.1) is 0 Å². The van der Waals surface area contributed by atoms with Gasteiger partial charge in [-0.1, -0.05) is 11.6 Å². The topological polar surface area (TPSA) is 35.2 Å². The zero-order chi connectivity index (χ0) is 8.69. The molecule has 0 rings (SSSR count). The van der Waals surface area contributed by atoms with E-state index in [2.05, 4.69) is 19.9 Å². The lowest BCUT2D eigenvalue weighted by Crippen LogP contribution is -2.19. The Morgan fingerprint density at radius 1 is 1.55 bits per heavy atom. The third-order valence-electron chi connectivity index (χ3n) is 1.35. The highest BCUT2D eigenvalue weighted by Crippen LogP contribution is 1.96. The van der Waals surface area contributed by atoms with Crippen LogP contribution in [0.25, 0.3) is 0 Å². The Morgan fingerprint density at radius 2 is 2.18 bits per heavy atom. The molecule has 0 aromatic rings. The summed E-state index contributed by atoms with van der Waals surface area (Å²) >= 11 is 0. The van der Waals surface area contributed by atoms with Crippen molar-refractivity contribution >= 4 is 0 Å². The lowest BCUT2D eigenvalue weighted by Gasteiger charge is -2.06. The largest absolute Gasteiger partial charge is 0.382 e. The van der Waals surface area contributed by atoms with Gasteiger partial charge in [0.2, 0.25) is 0 Å². The van der Waals surface area contributed by atoms with Crippen LogP contribution in [0.15, 0.2) is 11.6 Å². The summed E-state index contributed by atoms with van der Waals surface area (Å²) in [7, 11) is 0. The number of nitrogens with two attached hydrogens (primary N) is 1. The van der Waals surface area contributed by atoms with E-state index in [1.54, 1.807) is 0 Å². The normalized spacial score (nSPS) is 12.7. The zero-order valence-corrected chi connectivity index (χ0v) is 7.76. The third-order valence-corrected chi connectivity index (χ3v) is 1.35. The minimum atomic E-state index is 0.159. The first kappa shape index (κ1) is 10.7. The summed E-state index contributed by atoms with van der Waals surface area (Å²) in [6.07, 6.45) is 2.98. The maximum absolute atomic E-state index is 5.76. The maximum atomic E-state index is 5.76. The lowest BCUT2D eigenvalue weighted by molar-refractivity contribution is 0.143. The van der Waals surface area contributed by atoms with Gasteiger partial charge in [-0.05, 0) is 27.2 Å². The molecule has 2 nitrogen and oxygen atoms in total. The van der Waals surface area contributed by atoms with Crippen molar-refractivity contribution in [3.05, 3.63) is 11.6 Å². The van der Waals surface area contributed by atoms with Crippen molar-refractivity contribution in [3.63, 3.8) is 0 Å². The summed E-state index contributed by atoms with van der Waals surface area (Å²) in [6.45, 7) is 7.65. The van der Waals surface area contributed by atoms with E-state index in [1.165, 1.54) is 5.57 Å². The van der Waals surface area contributed by atoms with E-state index in [1.807, 2.05) is 6.92 Å². The van der Waals surface area contributed by atoms with Crippen molar-refractivity contribution < 1.29 is 4.74 Å². The van der Waals surface area contributed by atoms with E-state index in [-0.39, 0.29) is 6.04 Å². The summed E-state index contributed by atoms with van der Waals surface area (Å²) in [4.78, 5) is 0. The van der Waals surface area contributed by atoms with Crippen molar-refractivity contribution in [2.24, 2.45) is 5.73 Å². The average Bonchev–Trinajstić information content (AvgIpc) is 1.86. The highest BCUT2D eigenvalue weighted by Gasteiger charge is 1.96. The van der Waals surface area contributed by atoms with E-state index in [0.29, 0.717) is 0 Å². The molecule has 0 amide bonds. The van der Waals surface area contributed by atoms with E-state index in [4.69, 9.17) is 10.5 Å². The maximum Gasteiger partial charge on any atom is 0.0483 e. The molecule has 0 aliphatic carbocycles. The first-order chi connectivity index (χ1) is 5.16. The Balaban J connectivity index is 3.37. The van der Waals surface area contributed by atoms with Gasteiger partial charge in [0.25, 0.3) is 0 Å². The van der Waals surface area contributed by atoms with E-state index >= 15 is 0 Å². The van der Waals surface area contributed by atoms with E-state index < -0.39 is 0 Å². The molecule has 0 aliphatic heterocycles. The van der Waals surface area contributed by atoms with Crippen molar-refractivity contribution in [2.45, 2.75) is 33.2 Å². The van der Waals surface area contributed by atoms with Crippen molar-refractivity contribution in [2.75, 3.05) is 13.2 Å². The molecule has 0 heterocycles. The standard InChI is InChI=1S/C9H19NO/c1-4-11-6-5-9(10)7-8(2)3/h7,9H,4-6,10H2,1-3H3. The predicted octanol–water partition coefficient (Wildman–Crippen LogP) is 1.71. The molecule has 0 fully saturated rings. The monoisotopic (exact) mass is 157 g/mol. The quantitative estimate of drug-likeness (QED) is 0.487. The molecule has 1 unspecified atom stereocenters. The van der Waals surface area contributed by atoms with Crippen LogP contribution >= 0.6 is 0 Å². The molecule has 1 atom stereocenters. The smallest absolute Gasteiger partial charge is 0.0483 e. The summed E-state index contributed by atoms with van der Waals surface area (Å²) in [5, 5.41) is 0. The molecular weight excluding hydrogens is 138 g/mol. The van der Waals surface area contributed by atoms with Crippen LogP contribution in [0.1, 0.15) is 27.2 Å². The minimum absolute atomic E-state index is 0.159. The highest BCUT2D eigenvalue weighted by molar-refractivity contribution is 4.99. The highest BCUT2D eigenvalue weighted by atomic mass is 16.5. The van der Waals surface area contributed by atoms with Crippen LogP contribution in [0, 0.1) is 0 Å². The van der Waals surface area contributed by atoms with Crippen molar-refractivity contribution in [1.82, 2.24) is 0 Å². The van der Waals surface area contributed by atoms with Crippen LogP contribution in [0.2, 0.25) is 0 Å². The van der Waals surface area contributed by atoms with Gasteiger partial charge in [0, 0.05) is 19.3 Å². The van der Waals surface area contributed by atoms with Crippen LogP contribution in [0.5, 0.6) is 0 Å². The van der Waals surface area contributed by atoms with Gasteiger partial charge < -0.3 is 10.5 Å². The van der Waals surface area contributed by atoms with Gasteiger partial charge in [-0.3, -0.25) is 0 Å². The Kier molecular flexibility index (Phi) is 6.18. The molecule has 66 valence electrons. The summed E-state index contributed by atoms with van der Waals surface area (Å²) in [6, 6.07) is 0.159. The van der Waals surface area contributed by atoms with Gasteiger partial charge in [-0.25, -0.2) is 0 Å². The van der Waals surface area contributed by atoms with E-state index in [0.717, 1.165) is 19.6 Å². The number of hydrogen-bond acceptors (Lipinski definition) is 2. The fourth-order valence-electron chi connectivity index (χ4n) is 0.875. The Bertz CT molecular complexity index is 117. The zero-order valence-electron chi connectivity index (χ0n) is 7.76. The first-order valence-electron chi connectivity index (χ1n) is 4.15. The molecule has 0 radical (unpaired) electrons. The van der Waals surface area contributed by atoms with Crippen LogP contribution in [0.3, 0.4) is 0 Å². The minimum Gasteiger partial charge on any atom is -0.382 e. The number of hydrogen-bond donors (Lipinski definition) is 1. The molecule has 0 saturated heterocycles. The number of ether oxygens (including phenoxy) is 1. The molecule has 0 aromatic heterocycles. The van der Waals surface area contributed by atoms with Crippen molar-refractivity contribution in [1.29, 1.82) is 0 Å². The molecule has 0 bridgehead atoms. The summed E-state index contributed by atoms with van der Waals surface area (Å²) in [5.74, 6) is 0. The molecule has 11 heavy (non-hydrogen) atoms. The molecule has 0 spiro atoms. The third kappa shape index (κ3) is 7.56. The molecule has 0 aromatic carbocycles. The van der Waals surface area contributed by atoms with Crippen LogP contribution in [-0.4, -0.2) is 19.3 Å². The van der Waals surface area contributed by atoms with Gasteiger partial charge in [0.1, 0.15) is 0 Å². The predicted molar refractivity (Wildman–Crippen MR) is 48.5 cm³/mol. The second kappa shape index (κ2) is 6.38. The molecular formula is C9H19NO. The second-order valence-corrected chi connectivity index (χ2v) is 2.89. The Morgan fingerprint density at radius 3 is 2.64 bits per heavy atom. The SMILES string of the molecule is CCOCCC(N)C=C(C)C. The van der Waals surface area contributed by atoms with Gasteiger partial charge >= 0.3 is 0 Å². The second-order valence-electron chi connectivity index (χ2n) is 2.89. The van der Waals surface area contributed by atoms with Gasteiger partial charge in [0.05, 0.1) is 0 Å². The van der Waals surface area contributed by atoms with Crippen LogP contribution in [-0.2, 0) is 4.74 Å². The van der Waals surface area contributed by atoms with Crippen LogP contribution < -0.4 is 5.73 Å². The molecule has 0 aliphatic rings. The van der Waals surface area contributed by atoms with Crippen molar-refractivity contribution in [3.8, 4) is 0 Å². The van der Waals surface area contributed by atoms with Crippen LogP contribution in [0.4, 0.5) is 0 Å². The lowest BCUT2D eigenvalue weighted by atomic mass is 10.1. The first-order valence-corrected chi connectivity index (χ1v) is 4.15. The van der Waals surface area contributed by atoms with Gasteiger partial charge in [-0.2, -0.15) is 0 Å². The Hall–Kier alpha value is -0.340. The fourth-order valence-corrected chi connectivity index (χ4v) is 0.875. The Labute approximate surface area is 69.4 Å². The average molecular weight is 157 g/mol. The molecule has 2 N–H and O–H groups in total. The van der Waals surface area contributed by atoms with Gasteiger partial charge in [0.15, 0.2) is 0 Å². The fraction of sp³-hybridized carbons (Fsp3) is 0.778. The molecule has 2 heteroatoms. The molecule has 0 saturated carbocycles. The number of rotatable bonds is 5. The number of allylic oxidation sites excluding steroid dienone is 1. The summed E-state index contributed by atoms with van der Waals surface area (Å²) < 4.78 is 5.18.